The second-order valence-electron chi connectivity index (χ2n) is 3.91. The zero-order valence-corrected chi connectivity index (χ0v) is 8.41. The van der Waals surface area contributed by atoms with Gasteiger partial charge in [-0.05, 0) is 23.1 Å². The van der Waals surface area contributed by atoms with Gasteiger partial charge in [-0.25, -0.2) is 0 Å². The summed E-state index contributed by atoms with van der Waals surface area (Å²) in [6.45, 7) is 5.09. The molecule has 1 aromatic rings. The van der Waals surface area contributed by atoms with Gasteiger partial charge in [-0.15, -0.1) is 6.54 Å². The first-order valence-corrected chi connectivity index (χ1v) is 4.41. The first kappa shape index (κ1) is 10.1. The minimum atomic E-state index is 0.0580. The third-order valence-electron chi connectivity index (χ3n) is 2.20. The number of nitrogens with zero attached hydrogens (tertiary/aromatic N) is 1. The average molecular weight is 178 g/mol. The third-order valence-corrected chi connectivity index (χ3v) is 2.20. The predicted octanol–water partition coefficient (Wildman–Crippen LogP) is 2.67. The quantitative estimate of drug-likeness (QED) is 0.758. The summed E-state index contributed by atoms with van der Waals surface area (Å²) in [5, 5.41) is 13.3. The molecule has 72 valence electrons. The number of rotatable bonds is 3. The minimum Gasteiger partial charge on any atom is -0.664 e. The average Bonchev–Trinajstić information content (AvgIpc) is 2.05. The predicted molar refractivity (Wildman–Crippen MR) is 55.3 cm³/mol. The third kappa shape index (κ3) is 2.46. The Balaban J connectivity index is 2.87. The van der Waals surface area contributed by atoms with E-state index in [-0.39, 0.29) is 5.41 Å². The van der Waals surface area contributed by atoms with Gasteiger partial charge in [0, 0.05) is 0 Å². The number of hydrogen-bond acceptors (Lipinski definition) is 1. The van der Waals surface area contributed by atoms with Crippen LogP contribution in [0.2, 0.25) is 0 Å². The highest BCUT2D eigenvalue weighted by Crippen LogP contribution is 2.25. The molecule has 0 fully saturated rings. The Bertz CT molecular complexity index is 264. The van der Waals surface area contributed by atoms with E-state index in [4.69, 9.17) is 5.11 Å². The van der Waals surface area contributed by atoms with E-state index in [0.29, 0.717) is 5.75 Å². The summed E-state index contributed by atoms with van der Waals surface area (Å²) in [6.07, 6.45) is 0. The fourth-order valence-corrected chi connectivity index (χ4v) is 1.40. The molecule has 0 aliphatic carbocycles. The summed E-state index contributed by atoms with van der Waals surface area (Å²) in [5.74, 6) is 0.313. The van der Waals surface area contributed by atoms with Gasteiger partial charge in [0.25, 0.3) is 0 Å². The van der Waals surface area contributed by atoms with E-state index >= 15 is 0 Å². The van der Waals surface area contributed by atoms with Gasteiger partial charge in [-0.3, -0.25) is 0 Å². The van der Waals surface area contributed by atoms with E-state index in [0.717, 1.165) is 6.54 Å². The number of aromatic hydroxyl groups is 1. The van der Waals surface area contributed by atoms with Crippen LogP contribution in [-0.2, 0) is 5.41 Å². The Kier molecular flexibility index (Phi) is 2.94. The maximum absolute atomic E-state index is 9.13. The molecule has 0 unspecified atom stereocenters. The van der Waals surface area contributed by atoms with E-state index in [1.54, 1.807) is 12.1 Å². The van der Waals surface area contributed by atoms with Crippen LogP contribution in [0.25, 0.3) is 5.32 Å². The molecule has 0 saturated heterocycles. The molecule has 0 bridgehead atoms. The number of phenols is 1. The lowest BCUT2D eigenvalue weighted by atomic mass is 9.85. The van der Waals surface area contributed by atoms with E-state index in [1.807, 2.05) is 19.2 Å². The van der Waals surface area contributed by atoms with Crippen molar-refractivity contribution in [3.8, 4) is 5.75 Å². The highest BCUT2D eigenvalue weighted by Gasteiger charge is 2.14. The van der Waals surface area contributed by atoms with Gasteiger partial charge in [0.2, 0.25) is 0 Å². The fourth-order valence-electron chi connectivity index (χ4n) is 1.40. The maximum atomic E-state index is 9.13. The molecule has 2 heteroatoms. The summed E-state index contributed by atoms with van der Waals surface area (Å²) >= 11 is 0. The summed E-state index contributed by atoms with van der Waals surface area (Å²) in [6, 6.07) is 7.32. The van der Waals surface area contributed by atoms with Gasteiger partial charge >= 0.3 is 0 Å². The zero-order valence-electron chi connectivity index (χ0n) is 8.41. The summed E-state index contributed by atoms with van der Waals surface area (Å²) in [7, 11) is 1.82. The van der Waals surface area contributed by atoms with E-state index in [9.17, 15) is 0 Å². The zero-order chi connectivity index (χ0) is 9.90. The van der Waals surface area contributed by atoms with Crippen LogP contribution in [0.5, 0.6) is 5.75 Å². The second-order valence-corrected chi connectivity index (χ2v) is 3.91. The first-order valence-electron chi connectivity index (χ1n) is 4.41. The Morgan fingerprint density at radius 3 is 2.23 bits per heavy atom. The molecule has 0 saturated carbocycles. The van der Waals surface area contributed by atoms with Gasteiger partial charge in [-0.2, -0.15) is 7.05 Å². The highest BCUT2D eigenvalue weighted by atomic mass is 16.3. The van der Waals surface area contributed by atoms with Crippen LogP contribution >= 0.6 is 0 Å². The van der Waals surface area contributed by atoms with Crippen LogP contribution < -0.4 is 0 Å². The van der Waals surface area contributed by atoms with Crippen molar-refractivity contribution >= 4 is 0 Å². The first-order chi connectivity index (χ1) is 6.06. The van der Waals surface area contributed by atoms with Crippen LogP contribution in [0.4, 0.5) is 0 Å². The van der Waals surface area contributed by atoms with E-state index < -0.39 is 0 Å². The molecule has 0 atom stereocenters. The highest BCUT2D eigenvalue weighted by molar-refractivity contribution is 5.31. The number of hydrogen-bond donors (Lipinski definition) is 1. The lowest BCUT2D eigenvalue weighted by Crippen LogP contribution is -2.21. The topological polar surface area (TPSA) is 34.3 Å². The molecule has 0 aliphatic heterocycles. The smallest absolute Gasteiger partial charge is 0.115 e. The molecular weight excluding hydrogens is 162 g/mol. The van der Waals surface area contributed by atoms with E-state index in [2.05, 4.69) is 19.2 Å². The molecule has 1 N–H and O–H groups in total. The number of benzene rings is 1. The van der Waals surface area contributed by atoms with Crippen molar-refractivity contribution in [2.45, 2.75) is 19.3 Å². The fraction of sp³-hybridized carbons (Fsp3) is 0.455. The summed E-state index contributed by atoms with van der Waals surface area (Å²) in [4.78, 5) is 0. The molecule has 0 amide bonds. The lowest BCUT2D eigenvalue weighted by molar-refractivity contribution is 0.473. The van der Waals surface area contributed by atoms with Crippen LogP contribution in [0.1, 0.15) is 19.4 Å². The molecule has 1 aromatic carbocycles. The molecule has 0 spiro atoms. The van der Waals surface area contributed by atoms with E-state index in [1.165, 1.54) is 5.56 Å². The molecule has 1 rings (SSSR count). The van der Waals surface area contributed by atoms with Gasteiger partial charge < -0.3 is 10.4 Å². The molecule has 13 heavy (non-hydrogen) atoms. The van der Waals surface area contributed by atoms with Gasteiger partial charge in [0.15, 0.2) is 0 Å². The van der Waals surface area contributed by atoms with Crippen LogP contribution in [0.3, 0.4) is 0 Å². The summed E-state index contributed by atoms with van der Waals surface area (Å²) < 4.78 is 0. The number of phenolic OH excluding ortho intramolecular Hbond substituents is 1. The molecule has 0 aliphatic rings. The van der Waals surface area contributed by atoms with Crippen molar-refractivity contribution in [1.82, 2.24) is 0 Å². The van der Waals surface area contributed by atoms with Crippen molar-refractivity contribution in [3.63, 3.8) is 0 Å². The van der Waals surface area contributed by atoms with Crippen LogP contribution in [-0.4, -0.2) is 18.7 Å². The lowest BCUT2D eigenvalue weighted by Gasteiger charge is -2.31. The Hall–Kier alpha value is -1.02. The monoisotopic (exact) mass is 178 g/mol. The van der Waals surface area contributed by atoms with Crippen LogP contribution in [0.15, 0.2) is 24.3 Å². The van der Waals surface area contributed by atoms with Gasteiger partial charge in [-0.1, -0.05) is 26.0 Å². The van der Waals surface area contributed by atoms with Gasteiger partial charge in [0.1, 0.15) is 5.75 Å². The molecule has 0 aromatic heterocycles. The van der Waals surface area contributed by atoms with Crippen LogP contribution in [0, 0.1) is 0 Å². The molecule has 0 heterocycles. The summed E-state index contributed by atoms with van der Waals surface area (Å²) in [5.41, 5.74) is 1.26. The standard InChI is InChI=1S/C11H16NO/c1-11(2,8-12-3)9-4-6-10(13)7-5-9/h4-7,13H,8H2,1-3H3/q-1. The SMILES string of the molecule is C[N-]CC(C)(C)c1ccc(O)cc1. The molecule has 0 radical (unpaired) electrons. The Labute approximate surface area is 79.6 Å². The maximum Gasteiger partial charge on any atom is 0.115 e. The Morgan fingerprint density at radius 2 is 1.77 bits per heavy atom. The van der Waals surface area contributed by atoms with Crippen molar-refractivity contribution < 1.29 is 5.11 Å². The van der Waals surface area contributed by atoms with Crippen molar-refractivity contribution in [1.29, 1.82) is 0 Å². The Morgan fingerprint density at radius 1 is 1.23 bits per heavy atom. The molecule has 2 nitrogen and oxygen atoms in total. The van der Waals surface area contributed by atoms with Crippen molar-refractivity contribution in [2.75, 3.05) is 13.6 Å². The molecular formula is C11H16NO-. The largest absolute Gasteiger partial charge is 0.664 e. The van der Waals surface area contributed by atoms with Gasteiger partial charge in [0.05, 0.1) is 0 Å². The minimum absolute atomic E-state index is 0.0580. The normalized spacial score (nSPS) is 11.6. The number of likely N-dealkylation sites (N-methyl/N-ethyl adjacent to an activating group) is 1. The second kappa shape index (κ2) is 3.79. The van der Waals surface area contributed by atoms with Crippen molar-refractivity contribution in [3.05, 3.63) is 35.1 Å². The van der Waals surface area contributed by atoms with Crippen molar-refractivity contribution in [2.24, 2.45) is 0 Å².